The maximum atomic E-state index is 6.12. The summed E-state index contributed by atoms with van der Waals surface area (Å²) in [7, 11) is 0. The Morgan fingerprint density at radius 1 is 0.389 bits per heavy atom. The maximum Gasteiger partial charge on any atom is 0.227 e. The van der Waals surface area contributed by atoms with Gasteiger partial charge in [0, 0.05) is 50.1 Å². The zero-order valence-electron chi connectivity index (χ0n) is 28.9. The predicted molar refractivity (Wildman–Crippen MR) is 218 cm³/mol. The molecule has 0 amide bonds. The molecule has 0 spiro atoms. The topological polar surface area (TPSA) is 69.6 Å². The fraction of sp³-hybridized carbons (Fsp3) is 0. The van der Waals surface area contributed by atoms with Gasteiger partial charge in [-0.2, -0.15) is 0 Å². The molecule has 0 bridgehead atoms. The van der Waals surface area contributed by atoms with E-state index in [0.717, 1.165) is 49.8 Å². The van der Waals surface area contributed by atoms with Crippen molar-refractivity contribution in [3.8, 4) is 51.0 Å². The highest BCUT2D eigenvalue weighted by Crippen LogP contribution is 2.37. The molecule has 4 heterocycles. The summed E-state index contributed by atoms with van der Waals surface area (Å²) in [6.07, 6.45) is 1.74. The van der Waals surface area contributed by atoms with Gasteiger partial charge in [0.2, 0.25) is 5.71 Å². The largest absolute Gasteiger partial charge is 0.438 e. The number of benzene rings is 7. The molecule has 0 atom stereocenters. The van der Waals surface area contributed by atoms with E-state index in [4.69, 9.17) is 19.4 Å². The van der Waals surface area contributed by atoms with Crippen LogP contribution in [0.4, 0.5) is 0 Å². The van der Waals surface area contributed by atoms with Gasteiger partial charge in [-0.15, -0.1) is 0 Å². The van der Waals surface area contributed by atoms with Crippen LogP contribution in [-0.2, 0) is 0 Å². The summed E-state index contributed by atoms with van der Waals surface area (Å²) in [4.78, 5) is 19.4. The summed E-state index contributed by atoms with van der Waals surface area (Å²) in [5.74, 6) is 1.77. The lowest BCUT2D eigenvalue weighted by Gasteiger charge is -2.11. The first-order chi connectivity index (χ1) is 26.7. The molecule has 6 heteroatoms. The minimum atomic E-state index is 0.571. The van der Waals surface area contributed by atoms with Crippen LogP contribution >= 0.6 is 0 Å². The van der Waals surface area contributed by atoms with Crippen LogP contribution < -0.4 is 0 Å². The number of fused-ring (bicyclic) bond motifs is 7. The monoisotopic (exact) mass is 691 g/mol. The van der Waals surface area contributed by atoms with Crippen molar-refractivity contribution in [3.05, 3.63) is 176 Å². The van der Waals surface area contributed by atoms with E-state index in [1.54, 1.807) is 6.20 Å². The van der Waals surface area contributed by atoms with Crippen molar-refractivity contribution in [1.82, 2.24) is 24.5 Å². The maximum absolute atomic E-state index is 6.12. The Hall–Kier alpha value is -7.44. The second-order valence-electron chi connectivity index (χ2n) is 13.5. The van der Waals surface area contributed by atoms with Gasteiger partial charge in [-0.25, -0.2) is 19.9 Å². The molecule has 54 heavy (non-hydrogen) atoms. The van der Waals surface area contributed by atoms with E-state index in [9.17, 15) is 0 Å². The lowest BCUT2D eigenvalue weighted by molar-refractivity contribution is 0.654. The number of nitrogens with zero attached hydrogens (tertiary/aromatic N) is 5. The average molecular weight is 692 g/mol. The molecule has 0 radical (unpaired) electrons. The fourth-order valence-corrected chi connectivity index (χ4v) is 7.66. The molecule has 0 aliphatic heterocycles. The molecule has 0 fully saturated rings. The second-order valence-corrected chi connectivity index (χ2v) is 13.5. The number of para-hydroxylation sites is 1. The summed E-state index contributed by atoms with van der Waals surface area (Å²) in [5.41, 5.74) is 9.74. The Labute approximate surface area is 309 Å². The minimum Gasteiger partial charge on any atom is -0.438 e. The molecule has 4 aromatic heterocycles. The number of rotatable bonds is 5. The second kappa shape index (κ2) is 12.1. The number of hydrogen-bond donors (Lipinski definition) is 0. The Morgan fingerprint density at radius 3 is 1.85 bits per heavy atom. The highest BCUT2D eigenvalue weighted by molar-refractivity contribution is 6.10. The molecule has 252 valence electrons. The number of hydrogen-bond acceptors (Lipinski definition) is 5. The Morgan fingerprint density at radius 2 is 1.00 bits per heavy atom. The van der Waals surface area contributed by atoms with Crippen molar-refractivity contribution >= 4 is 54.6 Å². The summed E-state index contributed by atoms with van der Waals surface area (Å²) in [5, 5.41) is 6.88. The lowest BCUT2D eigenvalue weighted by atomic mass is 10.00. The van der Waals surface area contributed by atoms with Gasteiger partial charge in [0.05, 0.1) is 11.0 Å². The number of aromatic nitrogens is 5. The minimum absolute atomic E-state index is 0.571. The molecule has 0 unspecified atom stereocenters. The van der Waals surface area contributed by atoms with Gasteiger partial charge in [-0.3, -0.25) is 0 Å². The van der Waals surface area contributed by atoms with Crippen molar-refractivity contribution in [2.24, 2.45) is 0 Å². The molecule has 6 nitrogen and oxygen atoms in total. The molecule has 7 aromatic carbocycles. The molecular weight excluding hydrogens is 663 g/mol. The van der Waals surface area contributed by atoms with Gasteiger partial charge in [0.15, 0.2) is 17.5 Å². The third kappa shape index (κ3) is 4.96. The third-order valence-corrected chi connectivity index (χ3v) is 10.3. The van der Waals surface area contributed by atoms with Gasteiger partial charge in [-0.1, -0.05) is 103 Å². The van der Waals surface area contributed by atoms with E-state index < -0.39 is 0 Å². The van der Waals surface area contributed by atoms with Crippen molar-refractivity contribution < 1.29 is 4.42 Å². The van der Waals surface area contributed by atoms with Crippen LogP contribution in [0.2, 0.25) is 0 Å². The molecule has 11 rings (SSSR count). The van der Waals surface area contributed by atoms with E-state index in [0.29, 0.717) is 23.2 Å². The van der Waals surface area contributed by atoms with Gasteiger partial charge < -0.3 is 8.98 Å². The van der Waals surface area contributed by atoms with E-state index in [1.165, 1.54) is 32.7 Å². The van der Waals surface area contributed by atoms with Crippen molar-refractivity contribution in [3.63, 3.8) is 0 Å². The van der Waals surface area contributed by atoms with Crippen molar-refractivity contribution in [2.45, 2.75) is 0 Å². The van der Waals surface area contributed by atoms with Crippen LogP contribution in [0.15, 0.2) is 180 Å². The van der Waals surface area contributed by atoms with Gasteiger partial charge in [0.25, 0.3) is 0 Å². The summed E-state index contributed by atoms with van der Waals surface area (Å²) < 4.78 is 8.47. The molecule has 0 saturated carbocycles. The highest BCUT2D eigenvalue weighted by atomic mass is 16.3. The molecule has 0 aliphatic rings. The molecule has 0 aliphatic carbocycles. The first-order valence-electron chi connectivity index (χ1n) is 18.0. The molecule has 11 aromatic rings. The Bertz CT molecular complexity index is 3220. The van der Waals surface area contributed by atoms with E-state index >= 15 is 0 Å². The van der Waals surface area contributed by atoms with Gasteiger partial charge in [0.1, 0.15) is 5.58 Å². The first-order valence-corrected chi connectivity index (χ1v) is 18.0. The third-order valence-electron chi connectivity index (χ3n) is 10.3. The zero-order valence-corrected chi connectivity index (χ0v) is 28.9. The lowest BCUT2D eigenvalue weighted by Crippen LogP contribution is -2.00. The van der Waals surface area contributed by atoms with Crippen molar-refractivity contribution in [1.29, 1.82) is 0 Å². The predicted octanol–water partition coefficient (Wildman–Crippen LogP) is 12.1. The Balaban J connectivity index is 1.03. The summed E-state index contributed by atoms with van der Waals surface area (Å²) in [6, 6.07) is 59.2. The normalized spacial score (nSPS) is 11.7. The quantitative estimate of drug-likeness (QED) is 0.180. The van der Waals surface area contributed by atoms with Crippen LogP contribution in [-0.4, -0.2) is 24.5 Å². The molecule has 0 saturated heterocycles. The highest BCUT2D eigenvalue weighted by Gasteiger charge is 2.17. The number of furan rings is 1. The zero-order chi connectivity index (χ0) is 35.6. The fourth-order valence-electron chi connectivity index (χ4n) is 7.66. The number of pyridine rings is 1. The SMILES string of the molecule is c1ccc(-c2nc(-c3ccc(-n4c5ccccc5c5ccc(-c6ccc7ccccc7c6)cc54)cc3)nc(-c3ccc4c(c3)oc3ncccc34)n2)cc1. The van der Waals surface area contributed by atoms with Crippen LogP contribution in [0.5, 0.6) is 0 Å². The van der Waals surface area contributed by atoms with E-state index in [-0.39, 0.29) is 0 Å². The van der Waals surface area contributed by atoms with Crippen LogP contribution in [0, 0.1) is 0 Å². The van der Waals surface area contributed by atoms with E-state index in [2.05, 4.69) is 125 Å². The summed E-state index contributed by atoms with van der Waals surface area (Å²) >= 11 is 0. The average Bonchev–Trinajstić information content (AvgIpc) is 3.79. The van der Waals surface area contributed by atoms with Crippen LogP contribution in [0.25, 0.3) is 106 Å². The standard InChI is InChI=1S/C48H29N5O/c1-2-10-31(11-3-1)45-50-46(52-47(51-45)36-21-25-40-41-14-8-26-49-48(41)54-44(40)29-36)32-18-22-37(23-19-32)53-42-15-7-6-13-38(42)39-24-20-35(28-43(39)53)34-17-16-30-9-4-5-12-33(30)27-34/h1-29H. The van der Waals surface area contributed by atoms with Gasteiger partial charge in [-0.05, 0) is 88.6 Å². The molecular formula is C48H29N5O. The first kappa shape index (κ1) is 30.2. The van der Waals surface area contributed by atoms with Gasteiger partial charge >= 0.3 is 0 Å². The molecule has 0 N–H and O–H groups in total. The smallest absolute Gasteiger partial charge is 0.227 e. The van der Waals surface area contributed by atoms with Crippen LogP contribution in [0.3, 0.4) is 0 Å². The van der Waals surface area contributed by atoms with E-state index in [1.807, 2.05) is 54.6 Å². The summed E-state index contributed by atoms with van der Waals surface area (Å²) in [6.45, 7) is 0. The van der Waals surface area contributed by atoms with Crippen molar-refractivity contribution in [2.75, 3.05) is 0 Å². The Kier molecular flexibility index (Phi) is 6.75. The van der Waals surface area contributed by atoms with Crippen LogP contribution in [0.1, 0.15) is 0 Å².